The predicted molar refractivity (Wildman–Crippen MR) is 87.3 cm³/mol. The lowest BCUT2D eigenvalue weighted by Crippen LogP contribution is -2.14. The number of nitrogens with one attached hydrogen (secondary N) is 1. The lowest BCUT2D eigenvalue weighted by atomic mass is 10.1. The number of benzene rings is 1. The molecule has 3 aromatic rings. The zero-order valence-corrected chi connectivity index (χ0v) is 12.6. The van der Waals surface area contributed by atoms with E-state index in [9.17, 15) is 5.11 Å². The number of aromatic nitrogens is 4. The fourth-order valence-electron chi connectivity index (χ4n) is 2.17. The summed E-state index contributed by atoms with van der Waals surface area (Å²) in [5.41, 5.74) is 14.7. The number of phenols is 1. The molecule has 23 heavy (non-hydrogen) atoms. The third-order valence-electron chi connectivity index (χ3n) is 3.41. The van der Waals surface area contributed by atoms with Crippen molar-refractivity contribution >= 4 is 22.9 Å². The minimum Gasteiger partial charge on any atom is -0.508 e. The molecule has 8 nitrogen and oxygen atoms in total. The van der Waals surface area contributed by atoms with Crippen LogP contribution in [0.3, 0.4) is 0 Å². The van der Waals surface area contributed by atoms with Crippen molar-refractivity contribution < 1.29 is 5.11 Å². The Labute approximate surface area is 132 Å². The monoisotopic (exact) mass is 311 g/mol. The molecule has 1 aromatic carbocycles. The summed E-state index contributed by atoms with van der Waals surface area (Å²) in [5.74, 6) is 0.581. The van der Waals surface area contributed by atoms with Crippen molar-refractivity contribution in [1.29, 1.82) is 0 Å². The molecule has 0 bridgehead atoms. The van der Waals surface area contributed by atoms with E-state index in [4.69, 9.17) is 11.5 Å². The number of rotatable bonds is 4. The Balaban J connectivity index is 1.70. The Morgan fingerprint density at radius 2 is 1.96 bits per heavy atom. The van der Waals surface area contributed by atoms with Crippen molar-refractivity contribution in [2.75, 3.05) is 11.5 Å². The Morgan fingerprint density at radius 1 is 1.13 bits per heavy atom. The highest BCUT2D eigenvalue weighted by Gasteiger charge is 2.07. The third kappa shape index (κ3) is 3.27. The Bertz CT molecular complexity index is 866. The molecule has 118 valence electrons. The van der Waals surface area contributed by atoms with Gasteiger partial charge in [-0.2, -0.15) is 9.97 Å². The number of aryl methyl sites for hydroxylation is 1. The maximum Gasteiger partial charge on any atom is 0.224 e. The molecule has 0 unspecified atom stereocenters. The smallest absolute Gasteiger partial charge is 0.224 e. The van der Waals surface area contributed by atoms with Crippen molar-refractivity contribution in [1.82, 2.24) is 25.3 Å². The molecule has 0 aliphatic heterocycles. The number of aromatic hydroxyl groups is 1. The van der Waals surface area contributed by atoms with Gasteiger partial charge >= 0.3 is 0 Å². The van der Waals surface area contributed by atoms with Crippen LogP contribution in [0.1, 0.15) is 16.8 Å². The van der Waals surface area contributed by atoms with Gasteiger partial charge in [0, 0.05) is 13.1 Å². The van der Waals surface area contributed by atoms with Gasteiger partial charge in [-0.15, -0.1) is 0 Å². The minimum atomic E-state index is 0.0781. The molecule has 0 amide bonds. The van der Waals surface area contributed by atoms with Crippen molar-refractivity contribution in [2.45, 2.75) is 20.0 Å². The zero-order valence-electron chi connectivity index (χ0n) is 12.6. The topological polar surface area (TPSA) is 136 Å². The Hall–Kier alpha value is -3.00. The van der Waals surface area contributed by atoms with Crippen LogP contribution in [-0.4, -0.2) is 25.0 Å². The lowest BCUT2D eigenvalue weighted by Gasteiger charge is -2.07. The lowest BCUT2D eigenvalue weighted by molar-refractivity contribution is 0.470. The van der Waals surface area contributed by atoms with E-state index in [-0.39, 0.29) is 17.5 Å². The molecular weight excluding hydrogens is 294 g/mol. The van der Waals surface area contributed by atoms with Crippen molar-refractivity contribution in [2.24, 2.45) is 0 Å². The first-order valence-corrected chi connectivity index (χ1v) is 7.07. The van der Waals surface area contributed by atoms with Gasteiger partial charge in [-0.05, 0) is 24.1 Å². The van der Waals surface area contributed by atoms with Gasteiger partial charge in [0.05, 0.1) is 11.9 Å². The van der Waals surface area contributed by atoms with Crippen LogP contribution in [0, 0.1) is 6.92 Å². The molecule has 0 aliphatic rings. The number of nitrogen functional groups attached to an aromatic ring is 2. The molecule has 2 aromatic heterocycles. The normalized spacial score (nSPS) is 11.0. The van der Waals surface area contributed by atoms with Crippen LogP contribution in [0.5, 0.6) is 5.75 Å². The SMILES string of the molecule is Cc1ccc(CNCc2cnc3nc(N)nc(N)c3n2)cc1O. The maximum absolute atomic E-state index is 9.70. The van der Waals surface area contributed by atoms with E-state index in [2.05, 4.69) is 25.3 Å². The van der Waals surface area contributed by atoms with E-state index in [1.54, 1.807) is 12.3 Å². The molecule has 0 fully saturated rings. The van der Waals surface area contributed by atoms with Crippen molar-refractivity contribution in [3.8, 4) is 5.75 Å². The summed E-state index contributed by atoms with van der Waals surface area (Å²) in [6.07, 6.45) is 1.62. The van der Waals surface area contributed by atoms with Crippen molar-refractivity contribution in [3.05, 3.63) is 41.2 Å². The first-order valence-electron chi connectivity index (χ1n) is 7.07. The first kappa shape index (κ1) is 14.9. The number of hydrogen-bond donors (Lipinski definition) is 4. The van der Waals surface area contributed by atoms with Crippen LogP contribution in [0.2, 0.25) is 0 Å². The molecule has 8 heteroatoms. The van der Waals surface area contributed by atoms with Gasteiger partial charge in [0.1, 0.15) is 5.75 Å². The molecule has 0 aliphatic carbocycles. The van der Waals surface area contributed by atoms with Gasteiger partial charge in [0.25, 0.3) is 0 Å². The van der Waals surface area contributed by atoms with Crippen LogP contribution in [0.25, 0.3) is 11.2 Å². The summed E-state index contributed by atoms with van der Waals surface area (Å²) in [6.45, 7) is 2.96. The summed E-state index contributed by atoms with van der Waals surface area (Å²) < 4.78 is 0. The number of hydrogen-bond acceptors (Lipinski definition) is 8. The molecule has 3 rings (SSSR count). The Kier molecular flexibility index (Phi) is 3.90. The van der Waals surface area contributed by atoms with Gasteiger partial charge in [-0.3, -0.25) is 0 Å². The van der Waals surface area contributed by atoms with Crippen LogP contribution >= 0.6 is 0 Å². The van der Waals surface area contributed by atoms with E-state index in [1.807, 2.05) is 19.1 Å². The fourth-order valence-corrected chi connectivity index (χ4v) is 2.17. The van der Waals surface area contributed by atoms with E-state index in [1.165, 1.54) is 0 Å². The molecule has 2 heterocycles. The summed E-state index contributed by atoms with van der Waals surface area (Å²) in [6, 6.07) is 5.58. The predicted octanol–water partition coefficient (Wildman–Crippen LogP) is 0.888. The summed E-state index contributed by atoms with van der Waals surface area (Å²) in [4.78, 5) is 16.5. The van der Waals surface area contributed by atoms with Gasteiger partial charge in [-0.1, -0.05) is 12.1 Å². The minimum absolute atomic E-state index is 0.0781. The van der Waals surface area contributed by atoms with Crippen LogP contribution in [0.4, 0.5) is 11.8 Å². The number of phenolic OH excluding ortho intramolecular Hbond substituents is 1. The van der Waals surface area contributed by atoms with Crippen LogP contribution in [-0.2, 0) is 13.1 Å². The summed E-state index contributed by atoms with van der Waals surface area (Å²) >= 11 is 0. The van der Waals surface area contributed by atoms with E-state index in [0.29, 0.717) is 29.9 Å². The second-order valence-corrected chi connectivity index (χ2v) is 5.22. The van der Waals surface area contributed by atoms with Gasteiger partial charge in [-0.25, -0.2) is 9.97 Å². The zero-order chi connectivity index (χ0) is 16.4. The van der Waals surface area contributed by atoms with Gasteiger partial charge in [0.2, 0.25) is 5.95 Å². The number of nitrogens with zero attached hydrogens (tertiary/aromatic N) is 4. The van der Waals surface area contributed by atoms with Crippen LogP contribution < -0.4 is 16.8 Å². The average Bonchev–Trinajstić information content (AvgIpc) is 2.51. The number of fused-ring (bicyclic) bond motifs is 1. The molecular formula is C15H17N7O. The molecule has 0 saturated heterocycles. The second-order valence-electron chi connectivity index (χ2n) is 5.22. The summed E-state index contributed by atoms with van der Waals surface area (Å²) in [5, 5.41) is 12.9. The molecule has 0 atom stereocenters. The van der Waals surface area contributed by atoms with Crippen molar-refractivity contribution in [3.63, 3.8) is 0 Å². The molecule has 0 radical (unpaired) electrons. The molecule has 0 spiro atoms. The largest absolute Gasteiger partial charge is 0.508 e. The van der Waals surface area contributed by atoms with Crippen LogP contribution in [0.15, 0.2) is 24.4 Å². The number of anilines is 2. The summed E-state index contributed by atoms with van der Waals surface area (Å²) in [7, 11) is 0. The Morgan fingerprint density at radius 3 is 2.74 bits per heavy atom. The third-order valence-corrected chi connectivity index (χ3v) is 3.41. The molecule has 6 N–H and O–H groups in total. The van der Waals surface area contributed by atoms with E-state index >= 15 is 0 Å². The van der Waals surface area contributed by atoms with Gasteiger partial charge in [0.15, 0.2) is 17.0 Å². The molecule has 0 saturated carbocycles. The number of nitrogens with two attached hydrogens (primary N) is 2. The second kappa shape index (κ2) is 6.01. The quantitative estimate of drug-likeness (QED) is 0.557. The van der Waals surface area contributed by atoms with Gasteiger partial charge < -0.3 is 21.9 Å². The standard InChI is InChI=1S/C15H17N7O/c1-8-2-3-9(4-11(8)23)5-18-6-10-7-19-14-12(20-10)13(16)21-15(17)22-14/h2-4,7,18,23H,5-6H2,1H3,(H4,16,17,19,21,22). The first-order chi connectivity index (χ1) is 11.0. The average molecular weight is 311 g/mol. The maximum atomic E-state index is 9.70. The van der Waals surface area contributed by atoms with E-state index < -0.39 is 0 Å². The fraction of sp³-hybridized carbons (Fsp3) is 0.200. The highest BCUT2D eigenvalue weighted by atomic mass is 16.3. The highest BCUT2D eigenvalue weighted by Crippen LogP contribution is 2.17. The highest BCUT2D eigenvalue weighted by molar-refractivity contribution is 5.81. The van der Waals surface area contributed by atoms with E-state index in [0.717, 1.165) is 11.1 Å².